The monoisotopic (exact) mass is 754 g/mol. The first-order chi connectivity index (χ1) is 25.8. The highest BCUT2D eigenvalue weighted by atomic mass is 19.1. The van der Waals surface area contributed by atoms with Gasteiger partial charge in [0.1, 0.15) is 48.2 Å². The van der Waals surface area contributed by atoms with Gasteiger partial charge in [-0.15, -0.1) is 0 Å². The first-order valence-corrected chi connectivity index (χ1v) is 19.2. The van der Waals surface area contributed by atoms with E-state index >= 15 is 0 Å². The van der Waals surface area contributed by atoms with Crippen LogP contribution in [0.3, 0.4) is 0 Å². The Labute approximate surface area is 316 Å². The van der Waals surface area contributed by atoms with Crippen molar-refractivity contribution < 1.29 is 42.7 Å². The molecule has 6 amide bonds. The number of esters is 1. The second-order valence-corrected chi connectivity index (χ2v) is 14.3. The van der Waals surface area contributed by atoms with Crippen molar-refractivity contribution in [3.63, 3.8) is 0 Å². The van der Waals surface area contributed by atoms with Crippen LogP contribution in [0.1, 0.15) is 91.0 Å². The Kier molecular flexibility index (Phi) is 14.7. The summed E-state index contributed by atoms with van der Waals surface area (Å²) in [6, 6.07) is -0.171. The number of nitrogens with zero attached hydrogens (tertiary/aromatic N) is 3. The minimum atomic E-state index is -1.49. The summed E-state index contributed by atoms with van der Waals surface area (Å²) in [6.45, 7) is 6.88. The van der Waals surface area contributed by atoms with E-state index in [4.69, 9.17) is 4.74 Å². The van der Waals surface area contributed by atoms with E-state index in [0.717, 1.165) is 12.8 Å². The van der Waals surface area contributed by atoms with Gasteiger partial charge in [0.2, 0.25) is 35.4 Å². The number of hydrogen-bond acceptors (Lipinski definition) is 8. The standard InChI is InChI=1S/C39H55FN6O8/c1-6-9-10-11-19-32(47)42-28(23-26-15-12-16-27(40)22-26)33(48)43-29-24-54-37(52)31-18-14-21-46(31)34(49)25(4)41-38(53)39(7-2,8-3)44(5)36(51)30-17-13-20-45(30)35(29)50/h11-12,15-16,19,22,25,28-31H,6-10,13-14,17-18,20-21,23-24H2,1-5H3,(H,41,53)(H,42,47)(H,43,48). The summed E-state index contributed by atoms with van der Waals surface area (Å²) in [5.41, 5.74) is -0.932. The average molecular weight is 755 g/mol. The van der Waals surface area contributed by atoms with Crippen LogP contribution in [0.5, 0.6) is 0 Å². The molecule has 15 heteroatoms. The van der Waals surface area contributed by atoms with Crippen LogP contribution in [0.4, 0.5) is 4.39 Å². The van der Waals surface area contributed by atoms with Crippen LogP contribution in [-0.2, 0) is 44.7 Å². The van der Waals surface area contributed by atoms with Gasteiger partial charge in [0, 0.05) is 26.6 Å². The zero-order valence-electron chi connectivity index (χ0n) is 32.0. The average Bonchev–Trinajstić information content (AvgIpc) is 3.85. The summed E-state index contributed by atoms with van der Waals surface area (Å²) in [4.78, 5) is 101. The molecule has 14 nitrogen and oxygen atoms in total. The van der Waals surface area contributed by atoms with Crippen molar-refractivity contribution in [1.82, 2.24) is 30.7 Å². The molecule has 3 heterocycles. The van der Waals surface area contributed by atoms with E-state index in [2.05, 4.69) is 16.0 Å². The van der Waals surface area contributed by atoms with Crippen LogP contribution in [0.25, 0.3) is 0 Å². The number of halogens is 1. The van der Waals surface area contributed by atoms with Crippen molar-refractivity contribution in [1.29, 1.82) is 0 Å². The lowest BCUT2D eigenvalue weighted by atomic mass is 9.88. The third kappa shape index (κ3) is 9.64. The van der Waals surface area contributed by atoms with Crippen LogP contribution in [-0.4, -0.2) is 119 Å². The molecule has 0 spiro atoms. The van der Waals surface area contributed by atoms with Crippen molar-refractivity contribution in [2.45, 2.75) is 128 Å². The zero-order chi connectivity index (χ0) is 39.6. The molecular formula is C39H55FN6O8. The van der Waals surface area contributed by atoms with Crippen LogP contribution in [0.15, 0.2) is 36.4 Å². The lowest BCUT2D eigenvalue weighted by molar-refractivity contribution is -0.159. The second-order valence-electron chi connectivity index (χ2n) is 14.3. The van der Waals surface area contributed by atoms with Crippen molar-refractivity contribution in [2.75, 3.05) is 26.7 Å². The smallest absolute Gasteiger partial charge is 0.328 e. The number of allylic oxidation sites excluding steroid dienone is 1. The molecule has 5 unspecified atom stereocenters. The molecule has 0 bridgehead atoms. The molecule has 3 saturated heterocycles. The summed E-state index contributed by atoms with van der Waals surface area (Å²) in [7, 11) is 1.51. The van der Waals surface area contributed by atoms with Crippen LogP contribution in [0, 0.1) is 5.82 Å². The molecule has 3 fully saturated rings. The van der Waals surface area contributed by atoms with Crippen LogP contribution in [0.2, 0.25) is 0 Å². The van der Waals surface area contributed by atoms with E-state index in [1.807, 2.05) is 6.92 Å². The van der Waals surface area contributed by atoms with Crippen molar-refractivity contribution in [3.05, 3.63) is 47.8 Å². The van der Waals surface area contributed by atoms with E-state index in [1.54, 1.807) is 26.0 Å². The topological polar surface area (TPSA) is 175 Å². The Morgan fingerprint density at radius 2 is 1.67 bits per heavy atom. The summed E-state index contributed by atoms with van der Waals surface area (Å²) in [5, 5.41) is 8.10. The number of amides is 6. The molecule has 0 aromatic heterocycles. The predicted octanol–water partition coefficient (Wildman–Crippen LogP) is 2.14. The molecule has 3 aliphatic rings. The zero-order valence-corrected chi connectivity index (χ0v) is 32.0. The first kappa shape index (κ1) is 41.9. The maximum atomic E-state index is 14.4. The third-order valence-corrected chi connectivity index (χ3v) is 10.9. The number of unbranched alkanes of at least 4 members (excludes halogenated alkanes) is 2. The highest BCUT2D eigenvalue weighted by molar-refractivity contribution is 5.99. The summed E-state index contributed by atoms with van der Waals surface area (Å²) < 4.78 is 19.8. The van der Waals surface area contributed by atoms with Crippen LogP contribution >= 0.6 is 0 Å². The fourth-order valence-electron chi connectivity index (χ4n) is 7.59. The lowest BCUT2D eigenvalue weighted by Crippen LogP contribution is -2.65. The fraction of sp³-hybridized carbons (Fsp3) is 0.615. The molecule has 4 rings (SSSR count). The number of hydrogen-bond donors (Lipinski definition) is 3. The molecule has 0 aliphatic carbocycles. The van der Waals surface area contributed by atoms with Gasteiger partial charge in [0.15, 0.2) is 0 Å². The van der Waals surface area contributed by atoms with E-state index in [-0.39, 0.29) is 38.8 Å². The van der Waals surface area contributed by atoms with Gasteiger partial charge in [0.05, 0.1) is 0 Å². The number of carbonyl (C=O) groups is 7. The lowest BCUT2D eigenvalue weighted by Gasteiger charge is -2.42. The molecule has 0 saturated carbocycles. The Morgan fingerprint density at radius 3 is 2.31 bits per heavy atom. The number of cyclic esters (lactones) is 1. The van der Waals surface area contributed by atoms with E-state index < -0.39 is 89.6 Å². The number of rotatable bonds is 11. The Hall–Kier alpha value is -4.82. The summed E-state index contributed by atoms with van der Waals surface area (Å²) in [5.74, 6) is -4.88. The third-order valence-electron chi connectivity index (χ3n) is 10.9. The number of likely N-dealkylation sites (N-methyl/N-ethyl adjacent to an activating group) is 1. The minimum absolute atomic E-state index is 0.121. The van der Waals surface area contributed by atoms with Gasteiger partial charge in [0.25, 0.3) is 0 Å². The van der Waals surface area contributed by atoms with Crippen molar-refractivity contribution >= 4 is 41.4 Å². The SMILES string of the molecule is CCCCC=CC(=O)NC(Cc1cccc(F)c1)C(=O)NC1COC(=O)C2CCCN2C(=O)C(C)NC(=O)C(CC)(CC)N(C)C(=O)C2CCCN2C1=O. The van der Waals surface area contributed by atoms with Crippen molar-refractivity contribution in [2.24, 2.45) is 0 Å². The number of ether oxygens (including phenoxy) is 1. The quantitative estimate of drug-likeness (QED) is 0.175. The Morgan fingerprint density at radius 1 is 1.00 bits per heavy atom. The largest absolute Gasteiger partial charge is 0.461 e. The first-order valence-electron chi connectivity index (χ1n) is 19.2. The molecular weight excluding hydrogens is 699 g/mol. The highest BCUT2D eigenvalue weighted by Crippen LogP contribution is 2.29. The fourth-order valence-corrected chi connectivity index (χ4v) is 7.59. The molecule has 54 heavy (non-hydrogen) atoms. The molecule has 3 aliphatic heterocycles. The summed E-state index contributed by atoms with van der Waals surface area (Å²) in [6.07, 6.45) is 7.33. The minimum Gasteiger partial charge on any atom is -0.461 e. The van der Waals surface area contributed by atoms with Gasteiger partial charge in [-0.1, -0.05) is 51.8 Å². The molecule has 0 radical (unpaired) electrons. The maximum absolute atomic E-state index is 14.4. The van der Waals surface area contributed by atoms with Gasteiger partial charge < -0.3 is 35.4 Å². The molecule has 1 aromatic carbocycles. The molecule has 296 valence electrons. The van der Waals surface area contributed by atoms with Gasteiger partial charge >= 0.3 is 5.97 Å². The number of benzene rings is 1. The second kappa shape index (κ2) is 19.0. The van der Waals surface area contributed by atoms with E-state index in [9.17, 15) is 38.0 Å². The van der Waals surface area contributed by atoms with Gasteiger partial charge in [-0.25, -0.2) is 9.18 Å². The van der Waals surface area contributed by atoms with Gasteiger partial charge in [-0.05, 0) is 75.6 Å². The van der Waals surface area contributed by atoms with E-state index in [0.29, 0.717) is 31.2 Å². The number of carbonyl (C=O) groups excluding carboxylic acids is 7. The van der Waals surface area contributed by atoms with Gasteiger partial charge in [-0.2, -0.15) is 0 Å². The summed E-state index contributed by atoms with van der Waals surface area (Å²) >= 11 is 0. The maximum Gasteiger partial charge on any atom is 0.328 e. The van der Waals surface area contributed by atoms with Crippen LogP contribution < -0.4 is 16.0 Å². The normalized spacial score (nSPS) is 24.6. The van der Waals surface area contributed by atoms with E-state index in [1.165, 1.54) is 52.9 Å². The molecule has 3 N–H and O–H groups in total. The highest BCUT2D eigenvalue weighted by Gasteiger charge is 2.48. The Bertz CT molecular complexity index is 1600. The molecule has 1 aromatic rings. The predicted molar refractivity (Wildman–Crippen MR) is 197 cm³/mol. The number of nitrogens with one attached hydrogen (secondary N) is 3. The van der Waals surface area contributed by atoms with Gasteiger partial charge in [-0.3, -0.25) is 28.8 Å². The molecule has 5 atom stereocenters. The Balaban J connectivity index is 1.70. The number of fused-ring (bicyclic) bond motifs is 2. The van der Waals surface area contributed by atoms with Crippen molar-refractivity contribution in [3.8, 4) is 0 Å².